The van der Waals surface area contributed by atoms with Gasteiger partial charge in [-0.1, -0.05) is 13.3 Å². The summed E-state index contributed by atoms with van der Waals surface area (Å²) < 4.78 is 5.16. The summed E-state index contributed by atoms with van der Waals surface area (Å²) in [5.41, 5.74) is 5.66. The average Bonchev–Trinajstić information content (AvgIpc) is 2.28. The molecular formula is C11H22N6O. The van der Waals surface area contributed by atoms with Crippen LogP contribution in [0.4, 0.5) is 17.8 Å². The van der Waals surface area contributed by atoms with E-state index < -0.39 is 0 Å². The van der Waals surface area contributed by atoms with Crippen molar-refractivity contribution >= 4 is 17.8 Å². The Hall–Kier alpha value is -1.63. The lowest BCUT2D eigenvalue weighted by Gasteiger charge is -2.18. The van der Waals surface area contributed by atoms with Gasteiger partial charge < -0.3 is 20.7 Å². The first-order chi connectivity index (χ1) is 8.56. The quantitative estimate of drug-likeness (QED) is 0.742. The van der Waals surface area contributed by atoms with Gasteiger partial charge in [0.2, 0.25) is 17.8 Å². The monoisotopic (exact) mass is 254 g/mol. The predicted octanol–water partition coefficient (Wildman–Crippen LogP) is 0.747. The number of methoxy groups -OCH3 is 1. The van der Waals surface area contributed by atoms with E-state index in [0.29, 0.717) is 18.5 Å². The van der Waals surface area contributed by atoms with Gasteiger partial charge in [-0.3, -0.25) is 0 Å². The van der Waals surface area contributed by atoms with Gasteiger partial charge in [-0.2, -0.15) is 15.0 Å². The van der Waals surface area contributed by atoms with Crippen LogP contribution in [0.2, 0.25) is 0 Å². The zero-order valence-electron chi connectivity index (χ0n) is 11.5. The van der Waals surface area contributed by atoms with Gasteiger partial charge in [0.25, 0.3) is 0 Å². The maximum atomic E-state index is 5.66. The van der Waals surface area contributed by atoms with Crippen LogP contribution in [-0.4, -0.2) is 48.8 Å². The third-order valence-electron chi connectivity index (χ3n) is 2.38. The molecule has 1 heterocycles. The van der Waals surface area contributed by atoms with Crippen molar-refractivity contribution in [1.29, 1.82) is 0 Å². The van der Waals surface area contributed by atoms with E-state index in [1.54, 1.807) is 12.0 Å². The van der Waals surface area contributed by atoms with Crippen LogP contribution in [0.1, 0.15) is 19.8 Å². The van der Waals surface area contributed by atoms with Crippen LogP contribution >= 0.6 is 0 Å². The summed E-state index contributed by atoms with van der Waals surface area (Å²) in [6.07, 6.45) is 2.04. The van der Waals surface area contributed by atoms with Crippen molar-refractivity contribution in [2.45, 2.75) is 25.8 Å². The van der Waals surface area contributed by atoms with E-state index in [2.05, 4.69) is 27.2 Å². The van der Waals surface area contributed by atoms with E-state index in [-0.39, 0.29) is 12.0 Å². The van der Waals surface area contributed by atoms with Crippen LogP contribution in [0, 0.1) is 0 Å². The summed E-state index contributed by atoms with van der Waals surface area (Å²) in [6, 6.07) is 0.178. The summed E-state index contributed by atoms with van der Waals surface area (Å²) in [6.45, 7) is 2.73. The van der Waals surface area contributed by atoms with E-state index in [4.69, 9.17) is 10.5 Å². The number of aromatic nitrogens is 3. The number of nitrogen functional groups attached to an aromatic ring is 1. The Bertz CT molecular complexity index is 365. The second-order valence-corrected chi connectivity index (χ2v) is 4.30. The molecule has 3 N–H and O–H groups in total. The van der Waals surface area contributed by atoms with E-state index in [1.807, 2.05) is 14.1 Å². The highest BCUT2D eigenvalue weighted by Gasteiger charge is 2.11. The van der Waals surface area contributed by atoms with Gasteiger partial charge in [0.05, 0.1) is 12.6 Å². The fraction of sp³-hybridized carbons (Fsp3) is 0.727. The molecule has 0 aromatic carbocycles. The third kappa shape index (κ3) is 4.33. The van der Waals surface area contributed by atoms with Crippen molar-refractivity contribution < 1.29 is 4.74 Å². The molecule has 7 nitrogen and oxygen atoms in total. The molecule has 102 valence electrons. The minimum absolute atomic E-state index is 0.178. The van der Waals surface area contributed by atoms with E-state index in [0.717, 1.165) is 12.8 Å². The minimum atomic E-state index is 0.178. The summed E-state index contributed by atoms with van der Waals surface area (Å²) in [5, 5.41) is 3.22. The maximum Gasteiger partial charge on any atom is 0.231 e. The van der Waals surface area contributed by atoms with Gasteiger partial charge >= 0.3 is 0 Å². The fourth-order valence-corrected chi connectivity index (χ4v) is 1.57. The van der Waals surface area contributed by atoms with E-state index >= 15 is 0 Å². The third-order valence-corrected chi connectivity index (χ3v) is 2.38. The number of hydrogen-bond acceptors (Lipinski definition) is 7. The van der Waals surface area contributed by atoms with Gasteiger partial charge in [0, 0.05) is 21.2 Å². The SMILES string of the molecule is CCCC(COC)Nc1nc(N)nc(N(C)C)n1. The van der Waals surface area contributed by atoms with Crippen LogP contribution in [0.5, 0.6) is 0 Å². The Balaban J connectivity index is 2.81. The van der Waals surface area contributed by atoms with Gasteiger partial charge in [0.1, 0.15) is 0 Å². The van der Waals surface area contributed by atoms with E-state index in [1.165, 1.54) is 0 Å². The van der Waals surface area contributed by atoms with Gasteiger partial charge in [-0.05, 0) is 6.42 Å². The first-order valence-electron chi connectivity index (χ1n) is 6.01. The highest BCUT2D eigenvalue weighted by molar-refractivity contribution is 5.41. The Kier molecular flexibility index (Phi) is 5.57. The lowest BCUT2D eigenvalue weighted by Crippen LogP contribution is -2.27. The normalized spacial score (nSPS) is 12.2. The Labute approximate surface area is 108 Å². The summed E-state index contributed by atoms with van der Waals surface area (Å²) >= 11 is 0. The zero-order chi connectivity index (χ0) is 13.5. The Morgan fingerprint density at radius 3 is 2.61 bits per heavy atom. The van der Waals surface area contributed by atoms with Crippen LogP contribution in [0.15, 0.2) is 0 Å². The molecule has 0 saturated heterocycles. The highest BCUT2D eigenvalue weighted by Crippen LogP contribution is 2.11. The Morgan fingerprint density at radius 1 is 1.33 bits per heavy atom. The molecule has 0 saturated carbocycles. The van der Waals surface area contributed by atoms with Crippen molar-refractivity contribution in [3.8, 4) is 0 Å². The first kappa shape index (κ1) is 14.4. The summed E-state index contributed by atoms with van der Waals surface area (Å²) in [5.74, 6) is 1.24. The first-order valence-corrected chi connectivity index (χ1v) is 6.01. The summed E-state index contributed by atoms with van der Waals surface area (Å²) in [7, 11) is 5.39. The second kappa shape index (κ2) is 6.95. The molecule has 0 aliphatic carbocycles. The number of nitrogens with two attached hydrogens (primary N) is 1. The number of hydrogen-bond donors (Lipinski definition) is 2. The number of anilines is 3. The molecule has 0 fully saturated rings. The van der Waals surface area contributed by atoms with Crippen LogP contribution in [0.3, 0.4) is 0 Å². The lowest BCUT2D eigenvalue weighted by atomic mass is 10.2. The van der Waals surface area contributed by atoms with Crippen molar-refractivity contribution in [2.75, 3.05) is 43.8 Å². The number of nitrogens with zero attached hydrogens (tertiary/aromatic N) is 4. The minimum Gasteiger partial charge on any atom is -0.383 e. The molecule has 0 aliphatic rings. The van der Waals surface area contributed by atoms with Crippen molar-refractivity contribution in [3.05, 3.63) is 0 Å². The van der Waals surface area contributed by atoms with Gasteiger partial charge in [0.15, 0.2) is 0 Å². The molecule has 0 amide bonds. The predicted molar refractivity (Wildman–Crippen MR) is 72.8 cm³/mol. The molecule has 1 aromatic rings. The molecule has 1 unspecified atom stereocenters. The Morgan fingerprint density at radius 2 is 2.06 bits per heavy atom. The molecule has 0 bridgehead atoms. The average molecular weight is 254 g/mol. The lowest BCUT2D eigenvalue weighted by molar-refractivity contribution is 0.182. The maximum absolute atomic E-state index is 5.66. The molecular weight excluding hydrogens is 232 g/mol. The van der Waals surface area contributed by atoms with Crippen LogP contribution < -0.4 is 16.0 Å². The number of rotatable bonds is 7. The second-order valence-electron chi connectivity index (χ2n) is 4.30. The fourth-order valence-electron chi connectivity index (χ4n) is 1.57. The molecule has 1 rings (SSSR count). The molecule has 0 spiro atoms. The van der Waals surface area contributed by atoms with Crippen molar-refractivity contribution in [3.63, 3.8) is 0 Å². The topological polar surface area (TPSA) is 89.2 Å². The molecule has 0 radical (unpaired) electrons. The van der Waals surface area contributed by atoms with Gasteiger partial charge in [-0.15, -0.1) is 0 Å². The number of ether oxygens (including phenoxy) is 1. The molecule has 1 atom stereocenters. The molecule has 18 heavy (non-hydrogen) atoms. The number of nitrogens with one attached hydrogen (secondary N) is 1. The highest BCUT2D eigenvalue weighted by atomic mass is 16.5. The largest absolute Gasteiger partial charge is 0.383 e. The van der Waals surface area contributed by atoms with Crippen LogP contribution in [-0.2, 0) is 4.74 Å². The van der Waals surface area contributed by atoms with Crippen LogP contribution in [0.25, 0.3) is 0 Å². The van der Waals surface area contributed by atoms with Gasteiger partial charge in [-0.25, -0.2) is 0 Å². The molecule has 0 aliphatic heterocycles. The zero-order valence-corrected chi connectivity index (χ0v) is 11.5. The van der Waals surface area contributed by atoms with Crippen molar-refractivity contribution in [2.24, 2.45) is 0 Å². The molecule has 7 heteroatoms. The smallest absolute Gasteiger partial charge is 0.231 e. The van der Waals surface area contributed by atoms with E-state index in [9.17, 15) is 0 Å². The van der Waals surface area contributed by atoms with Crippen molar-refractivity contribution in [1.82, 2.24) is 15.0 Å². The molecule has 1 aromatic heterocycles. The standard InChI is InChI=1S/C11H22N6O/c1-5-6-8(7-18-4)13-10-14-9(12)15-11(16-10)17(2)3/h8H,5-7H2,1-4H3,(H3,12,13,14,15,16). The summed E-state index contributed by atoms with van der Waals surface area (Å²) in [4.78, 5) is 14.2.